The van der Waals surface area contributed by atoms with Crippen molar-refractivity contribution >= 4 is 57.7 Å². The van der Waals surface area contributed by atoms with Crippen LogP contribution in [0.1, 0.15) is 0 Å². The van der Waals surface area contributed by atoms with Gasteiger partial charge in [0.2, 0.25) is 5.91 Å². The van der Waals surface area contributed by atoms with Gasteiger partial charge in [0.15, 0.2) is 5.58 Å². The Balaban J connectivity index is 1.66. The van der Waals surface area contributed by atoms with E-state index in [2.05, 4.69) is 10.3 Å². The fraction of sp³-hybridized carbons (Fsp3) is 0.0667. The third-order valence-corrected chi connectivity index (χ3v) is 4.69. The zero-order chi connectivity index (χ0) is 16.4. The number of amides is 1. The summed E-state index contributed by atoms with van der Waals surface area (Å²) < 4.78 is 4.90. The highest BCUT2D eigenvalue weighted by Crippen LogP contribution is 2.29. The molecule has 0 atom stereocenters. The molecule has 8 heteroatoms. The van der Waals surface area contributed by atoms with Gasteiger partial charge in [0, 0.05) is 15.6 Å². The van der Waals surface area contributed by atoms with Crippen LogP contribution < -0.4 is 11.1 Å². The van der Waals surface area contributed by atoms with Gasteiger partial charge in [0.25, 0.3) is 0 Å². The standard InChI is InChI=1S/C15H10Cl2N2O3S/c16-8-1-3-10(17)13(5-8)23-7-14(20)18-9-2-4-12-11(6-9)19-15(21)22-12/h1-6H,7H2,(H,18,20)(H,19,21). The monoisotopic (exact) mass is 368 g/mol. The summed E-state index contributed by atoms with van der Waals surface area (Å²) in [5.74, 6) is -0.550. The van der Waals surface area contributed by atoms with E-state index < -0.39 is 5.76 Å². The van der Waals surface area contributed by atoms with E-state index in [1.807, 2.05) is 0 Å². The molecule has 0 bridgehead atoms. The van der Waals surface area contributed by atoms with Gasteiger partial charge >= 0.3 is 5.76 Å². The van der Waals surface area contributed by atoms with Gasteiger partial charge in [-0.3, -0.25) is 9.78 Å². The summed E-state index contributed by atoms with van der Waals surface area (Å²) in [6.07, 6.45) is 0. The second-order valence-electron chi connectivity index (χ2n) is 4.64. The number of halogens is 2. The van der Waals surface area contributed by atoms with Crippen LogP contribution in [0.2, 0.25) is 10.0 Å². The molecule has 0 saturated heterocycles. The minimum atomic E-state index is -0.533. The molecule has 1 heterocycles. The minimum Gasteiger partial charge on any atom is -0.408 e. The van der Waals surface area contributed by atoms with E-state index >= 15 is 0 Å². The van der Waals surface area contributed by atoms with Gasteiger partial charge in [-0.15, -0.1) is 11.8 Å². The number of thioether (sulfide) groups is 1. The molecule has 1 amide bonds. The van der Waals surface area contributed by atoms with E-state index in [1.54, 1.807) is 36.4 Å². The van der Waals surface area contributed by atoms with Crippen molar-refractivity contribution in [2.75, 3.05) is 11.1 Å². The van der Waals surface area contributed by atoms with Crippen LogP contribution in [0, 0.1) is 0 Å². The van der Waals surface area contributed by atoms with Crippen molar-refractivity contribution in [2.24, 2.45) is 0 Å². The molecular formula is C15H10Cl2N2O3S. The molecule has 1 aromatic heterocycles. The van der Waals surface area contributed by atoms with E-state index in [0.29, 0.717) is 26.8 Å². The number of carbonyl (C=O) groups is 1. The summed E-state index contributed by atoms with van der Waals surface area (Å²) >= 11 is 13.3. The Morgan fingerprint density at radius 2 is 2.04 bits per heavy atom. The number of hydrogen-bond donors (Lipinski definition) is 2. The van der Waals surface area contributed by atoms with E-state index in [1.165, 1.54) is 11.8 Å². The second kappa shape index (κ2) is 6.70. The lowest BCUT2D eigenvalue weighted by molar-refractivity contribution is -0.113. The van der Waals surface area contributed by atoms with Crippen molar-refractivity contribution in [3.63, 3.8) is 0 Å². The summed E-state index contributed by atoms with van der Waals surface area (Å²) in [5, 5.41) is 3.86. The lowest BCUT2D eigenvalue weighted by Gasteiger charge is -2.06. The Hall–Kier alpha value is -1.89. The van der Waals surface area contributed by atoms with Gasteiger partial charge in [-0.2, -0.15) is 0 Å². The van der Waals surface area contributed by atoms with Crippen molar-refractivity contribution in [1.82, 2.24) is 4.98 Å². The van der Waals surface area contributed by atoms with Crippen molar-refractivity contribution in [3.05, 3.63) is 57.0 Å². The second-order valence-corrected chi connectivity index (χ2v) is 6.50. The maximum absolute atomic E-state index is 12.0. The Morgan fingerprint density at radius 3 is 2.87 bits per heavy atom. The van der Waals surface area contributed by atoms with Gasteiger partial charge in [0.05, 0.1) is 16.3 Å². The number of nitrogens with one attached hydrogen (secondary N) is 2. The van der Waals surface area contributed by atoms with Crippen LogP contribution in [-0.4, -0.2) is 16.6 Å². The van der Waals surface area contributed by atoms with Gasteiger partial charge in [0.1, 0.15) is 0 Å². The summed E-state index contributed by atoms with van der Waals surface area (Å²) in [6, 6.07) is 10.00. The maximum atomic E-state index is 12.0. The van der Waals surface area contributed by atoms with Crippen molar-refractivity contribution < 1.29 is 9.21 Å². The largest absolute Gasteiger partial charge is 0.417 e. The first-order valence-corrected chi connectivity index (χ1v) is 8.26. The Bertz CT molecular complexity index is 936. The van der Waals surface area contributed by atoms with E-state index in [-0.39, 0.29) is 11.7 Å². The van der Waals surface area contributed by atoms with Gasteiger partial charge in [-0.05, 0) is 36.4 Å². The fourth-order valence-electron chi connectivity index (χ4n) is 1.96. The molecule has 118 valence electrons. The zero-order valence-electron chi connectivity index (χ0n) is 11.6. The van der Waals surface area contributed by atoms with E-state index in [0.717, 1.165) is 4.90 Å². The molecule has 3 rings (SSSR count). The molecule has 0 aliphatic rings. The molecule has 23 heavy (non-hydrogen) atoms. The van der Waals surface area contributed by atoms with Crippen LogP contribution in [0.15, 0.2) is 50.5 Å². The number of oxazole rings is 1. The highest BCUT2D eigenvalue weighted by atomic mass is 35.5. The smallest absolute Gasteiger partial charge is 0.408 e. The summed E-state index contributed by atoms with van der Waals surface area (Å²) in [7, 11) is 0. The quantitative estimate of drug-likeness (QED) is 0.678. The molecule has 2 N–H and O–H groups in total. The van der Waals surface area contributed by atoms with Crippen molar-refractivity contribution in [2.45, 2.75) is 4.90 Å². The lowest BCUT2D eigenvalue weighted by atomic mass is 10.3. The molecule has 0 aliphatic carbocycles. The highest BCUT2D eigenvalue weighted by molar-refractivity contribution is 8.00. The van der Waals surface area contributed by atoms with Crippen LogP contribution in [0.3, 0.4) is 0 Å². The first kappa shape index (κ1) is 16.0. The summed E-state index contributed by atoms with van der Waals surface area (Å²) in [4.78, 5) is 26.4. The van der Waals surface area contributed by atoms with E-state index in [4.69, 9.17) is 27.6 Å². The molecule has 0 radical (unpaired) electrons. The van der Waals surface area contributed by atoms with Crippen LogP contribution in [0.4, 0.5) is 5.69 Å². The number of anilines is 1. The van der Waals surface area contributed by atoms with Crippen LogP contribution >= 0.6 is 35.0 Å². The third-order valence-electron chi connectivity index (χ3n) is 2.95. The lowest BCUT2D eigenvalue weighted by Crippen LogP contribution is -2.13. The number of carbonyl (C=O) groups excluding carboxylic acids is 1. The number of aromatic amines is 1. The number of fused-ring (bicyclic) bond motifs is 1. The fourth-order valence-corrected chi connectivity index (χ4v) is 3.25. The molecule has 2 aromatic carbocycles. The highest BCUT2D eigenvalue weighted by Gasteiger charge is 2.08. The molecule has 0 unspecified atom stereocenters. The SMILES string of the molecule is O=C(CSc1cc(Cl)ccc1Cl)Nc1ccc2oc(=O)[nH]c2c1. The topological polar surface area (TPSA) is 75.1 Å². The van der Waals surface area contributed by atoms with Crippen LogP contribution in [0.5, 0.6) is 0 Å². The number of rotatable bonds is 4. The molecule has 0 aliphatic heterocycles. The first-order valence-electron chi connectivity index (χ1n) is 6.52. The van der Waals surface area contributed by atoms with Crippen molar-refractivity contribution in [3.8, 4) is 0 Å². The number of H-pyrrole nitrogens is 1. The molecular weight excluding hydrogens is 359 g/mol. The number of aromatic nitrogens is 1. The summed E-state index contributed by atoms with van der Waals surface area (Å²) in [6.45, 7) is 0. The predicted molar refractivity (Wildman–Crippen MR) is 92.7 cm³/mol. The minimum absolute atomic E-state index is 0.181. The Kier molecular flexibility index (Phi) is 4.66. The summed E-state index contributed by atoms with van der Waals surface area (Å²) in [5.41, 5.74) is 1.53. The molecule has 5 nitrogen and oxygen atoms in total. The maximum Gasteiger partial charge on any atom is 0.417 e. The molecule has 0 spiro atoms. The molecule has 3 aromatic rings. The van der Waals surface area contributed by atoms with Gasteiger partial charge in [-0.25, -0.2) is 4.79 Å². The van der Waals surface area contributed by atoms with E-state index in [9.17, 15) is 9.59 Å². The average molecular weight is 369 g/mol. The predicted octanol–water partition coefficient (Wildman–Crippen LogP) is 4.16. The van der Waals surface area contributed by atoms with Gasteiger partial charge in [-0.1, -0.05) is 23.2 Å². The molecule has 0 saturated carbocycles. The third kappa shape index (κ3) is 3.90. The average Bonchev–Trinajstić information content (AvgIpc) is 2.87. The van der Waals surface area contributed by atoms with Crippen LogP contribution in [-0.2, 0) is 4.79 Å². The zero-order valence-corrected chi connectivity index (χ0v) is 13.9. The normalized spacial score (nSPS) is 10.9. The number of benzene rings is 2. The molecule has 0 fully saturated rings. The Labute approximate surface area is 145 Å². The van der Waals surface area contributed by atoms with Gasteiger partial charge < -0.3 is 9.73 Å². The van der Waals surface area contributed by atoms with Crippen molar-refractivity contribution in [1.29, 1.82) is 0 Å². The Morgan fingerprint density at radius 1 is 1.22 bits per heavy atom. The number of hydrogen-bond acceptors (Lipinski definition) is 4. The first-order chi connectivity index (χ1) is 11.0. The van der Waals surface area contributed by atoms with Crippen LogP contribution in [0.25, 0.3) is 11.1 Å².